The highest BCUT2D eigenvalue weighted by Gasteiger charge is 2.53. The molecule has 7 rings (SSSR count). The summed E-state index contributed by atoms with van der Waals surface area (Å²) in [4.78, 5) is 16.0. The summed E-state index contributed by atoms with van der Waals surface area (Å²) in [5.41, 5.74) is 1.04. The number of amides is 1. The van der Waals surface area contributed by atoms with Crippen LogP contribution in [-0.4, -0.2) is 21.2 Å². The lowest BCUT2D eigenvalue weighted by molar-refractivity contribution is -0.130. The molecule has 5 fully saturated rings. The Bertz CT molecular complexity index is 981. The monoisotopic (exact) mass is 421 g/mol. The predicted octanol–water partition coefficient (Wildman–Crippen LogP) is 5.97. The van der Waals surface area contributed by atoms with Crippen molar-refractivity contribution in [3.8, 4) is 11.3 Å². The average Bonchev–Trinajstić information content (AvgIpc) is 3.28. The Labute approximate surface area is 180 Å². The van der Waals surface area contributed by atoms with Crippen molar-refractivity contribution in [2.24, 2.45) is 23.7 Å². The second kappa shape index (κ2) is 6.85. The molecule has 1 aromatic carbocycles. The third-order valence-corrected chi connectivity index (χ3v) is 8.59. The molecule has 5 aliphatic rings. The van der Waals surface area contributed by atoms with Crippen LogP contribution in [0.5, 0.6) is 0 Å². The maximum absolute atomic E-state index is 13.3. The fourth-order valence-electron chi connectivity index (χ4n) is 6.37. The van der Waals surface area contributed by atoms with E-state index in [4.69, 9.17) is 16.6 Å². The number of hydrogen-bond acceptors (Lipinski definition) is 4. The van der Waals surface area contributed by atoms with Crippen molar-refractivity contribution >= 4 is 40.3 Å². The van der Waals surface area contributed by atoms with Gasteiger partial charge in [0.2, 0.25) is 0 Å². The van der Waals surface area contributed by atoms with Crippen LogP contribution in [0.4, 0.5) is 0 Å². The van der Waals surface area contributed by atoms with E-state index in [1.165, 1.54) is 43.9 Å². The second-order valence-corrected chi connectivity index (χ2v) is 10.7. The number of thioether (sulfide) groups is 1. The minimum Gasteiger partial charge on any atom is -0.457 e. The predicted molar refractivity (Wildman–Crippen MR) is 120 cm³/mol. The molecule has 0 atom stereocenters. The first-order valence-corrected chi connectivity index (χ1v) is 11.8. The molecule has 4 saturated carbocycles. The minimum atomic E-state index is 0.0788. The van der Waals surface area contributed by atoms with Crippen molar-refractivity contribution in [3.05, 3.63) is 53.1 Å². The fourth-order valence-corrected chi connectivity index (χ4v) is 7.70. The smallest absolute Gasteiger partial charge is 0.266 e. The van der Waals surface area contributed by atoms with E-state index in [1.54, 1.807) is 0 Å². The van der Waals surface area contributed by atoms with Crippen LogP contribution < -0.4 is 0 Å². The molecular weight excluding hydrogens is 398 g/mol. The number of carbonyl (C=O) groups excluding carboxylic acids is 1. The molecule has 2 aromatic rings. The molecule has 1 amide bonds. The first kappa shape index (κ1) is 18.0. The van der Waals surface area contributed by atoms with E-state index in [1.807, 2.05) is 53.4 Å². The Morgan fingerprint density at radius 2 is 1.66 bits per heavy atom. The zero-order chi connectivity index (χ0) is 19.5. The summed E-state index contributed by atoms with van der Waals surface area (Å²) in [6.45, 7) is 0. The van der Waals surface area contributed by atoms with Crippen LogP contribution in [0.25, 0.3) is 17.4 Å². The molecule has 5 heteroatoms. The molecule has 148 valence electrons. The van der Waals surface area contributed by atoms with E-state index in [2.05, 4.69) is 0 Å². The van der Waals surface area contributed by atoms with Crippen LogP contribution in [0.3, 0.4) is 0 Å². The van der Waals surface area contributed by atoms with Gasteiger partial charge in [-0.2, -0.15) is 0 Å². The third-order valence-electron chi connectivity index (χ3n) is 7.26. The van der Waals surface area contributed by atoms with Gasteiger partial charge < -0.3 is 4.42 Å². The normalized spacial score (nSPS) is 34.6. The molecule has 0 N–H and O–H groups in total. The summed E-state index contributed by atoms with van der Waals surface area (Å²) in [6.07, 6.45) is 8.42. The first-order valence-electron chi connectivity index (χ1n) is 10.6. The topological polar surface area (TPSA) is 33.5 Å². The Hall–Kier alpha value is -1.85. The summed E-state index contributed by atoms with van der Waals surface area (Å²) >= 11 is 7.12. The van der Waals surface area contributed by atoms with Gasteiger partial charge in [-0.3, -0.25) is 9.69 Å². The van der Waals surface area contributed by atoms with Crippen LogP contribution in [0.2, 0.25) is 0 Å². The Morgan fingerprint density at radius 3 is 2.34 bits per heavy atom. The number of rotatable bonds is 3. The molecular formula is C24H23NO2S2. The Balaban J connectivity index is 1.26. The van der Waals surface area contributed by atoms with Crippen LogP contribution in [0.15, 0.2) is 51.8 Å². The lowest BCUT2D eigenvalue weighted by Crippen LogP contribution is -2.57. The van der Waals surface area contributed by atoms with Gasteiger partial charge in [0, 0.05) is 17.7 Å². The number of thiocarbonyl (C=S) groups is 1. The molecule has 2 heterocycles. The second-order valence-electron chi connectivity index (χ2n) is 9.04. The molecule has 0 unspecified atom stereocenters. The maximum atomic E-state index is 13.3. The SMILES string of the molecule is O=C1C(=Cc2ccc(-c3ccccc3)o2)SC(=S)N1C1C2CC3CC(C2)CC1C3. The zero-order valence-corrected chi connectivity index (χ0v) is 17.8. The fraction of sp³-hybridized carbons (Fsp3) is 0.417. The van der Waals surface area contributed by atoms with Gasteiger partial charge in [-0.15, -0.1) is 0 Å². The van der Waals surface area contributed by atoms with Crippen molar-refractivity contribution < 1.29 is 9.21 Å². The van der Waals surface area contributed by atoms with Crippen molar-refractivity contribution in [1.29, 1.82) is 0 Å². The van der Waals surface area contributed by atoms with Gasteiger partial charge in [0.15, 0.2) is 0 Å². The highest BCUT2D eigenvalue weighted by atomic mass is 32.2. The van der Waals surface area contributed by atoms with Gasteiger partial charge >= 0.3 is 0 Å². The summed E-state index contributed by atoms with van der Waals surface area (Å²) in [7, 11) is 0. The van der Waals surface area contributed by atoms with Gasteiger partial charge in [0.25, 0.3) is 5.91 Å². The molecule has 4 bridgehead atoms. The number of hydrogen-bond donors (Lipinski definition) is 0. The van der Waals surface area contributed by atoms with Gasteiger partial charge in [0.1, 0.15) is 15.8 Å². The van der Waals surface area contributed by atoms with Crippen molar-refractivity contribution in [2.75, 3.05) is 0 Å². The van der Waals surface area contributed by atoms with Crippen LogP contribution in [0.1, 0.15) is 37.9 Å². The molecule has 4 aliphatic carbocycles. The zero-order valence-electron chi connectivity index (χ0n) is 16.1. The molecule has 1 aromatic heterocycles. The van der Waals surface area contributed by atoms with E-state index in [9.17, 15) is 4.79 Å². The average molecular weight is 422 g/mol. The number of furan rings is 1. The van der Waals surface area contributed by atoms with Gasteiger partial charge in [-0.1, -0.05) is 54.3 Å². The highest BCUT2D eigenvalue weighted by Crippen LogP contribution is 2.56. The van der Waals surface area contributed by atoms with Gasteiger partial charge in [-0.25, -0.2) is 0 Å². The molecule has 29 heavy (non-hydrogen) atoms. The van der Waals surface area contributed by atoms with Crippen LogP contribution >= 0.6 is 24.0 Å². The van der Waals surface area contributed by atoms with E-state index in [0.29, 0.717) is 28.5 Å². The summed E-state index contributed by atoms with van der Waals surface area (Å²) in [6, 6.07) is 14.2. The van der Waals surface area contributed by atoms with Crippen molar-refractivity contribution in [3.63, 3.8) is 0 Å². The molecule has 3 nitrogen and oxygen atoms in total. The largest absolute Gasteiger partial charge is 0.457 e. The minimum absolute atomic E-state index is 0.0788. The van der Waals surface area contributed by atoms with E-state index in [-0.39, 0.29) is 5.91 Å². The van der Waals surface area contributed by atoms with Crippen molar-refractivity contribution in [1.82, 2.24) is 4.90 Å². The standard InChI is InChI=1S/C24H23NO2S2/c26-23-21(13-19-6-7-20(27-19)16-4-2-1-3-5-16)29-24(28)25(23)22-17-9-14-8-15(11-17)12-18(22)10-14/h1-7,13-15,17-18,22H,8-12H2. The molecule has 1 aliphatic heterocycles. The van der Waals surface area contributed by atoms with Crippen LogP contribution in [0, 0.1) is 23.7 Å². The molecule has 0 radical (unpaired) electrons. The van der Waals surface area contributed by atoms with Gasteiger partial charge in [0.05, 0.1) is 4.91 Å². The summed E-state index contributed by atoms with van der Waals surface area (Å²) in [5.74, 6) is 4.66. The number of nitrogens with zero attached hydrogens (tertiary/aromatic N) is 1. The lowest BCUT2D eigenvalue weighted by Gasteiger charge is -2.56. The number of benzene rings is 1. The molecule has 0 spiro atoms. The maximum Gasteiger partial charge on any atom is 0.266 e. The van der Waals surface area contributed by atoms with Crippen LogP contribution in [-0.2, 0) is 4.79 Å². The molecule has 1 saturated heterocycles. The van der Waals surface area contributed by atoms with Gasteiger partial charge in [-0.05, 0) is 67.9 Å². The number of carbonyl (C=O) groups is 1. The Morgan fingerprint density at radius 1 is 0.966 bits per heavy atom. The Kier molecular flexibility index (Phi) is 4.24. The lowest BCUT2D eigenvalue weighted by atomic mass is 9.54. The highest BCUT2D eigenvalue weighted by molar-refractivity contribution is 8.26. The van der Waals surface area contributed by atoms with Crippen molar-refractivity contribution in [2.45, 2.75) is 38.1 Å². The van der Waals surface area contributed by atoms with E-state index >= 15 is 0 Å². The van der Waals surface area contributed by atoms with E-state index in [0.717, 1.165) is 27.5 Å². The quantitative estimate of drug-likeness (QED) is 0.451. The first-order chi connectivity index (χ1) is 14.2. The summed E-state index contributed by atoms with van der Waals surface area (Å²) in [5, 5.41) is 0. The van der Waals surface area contributed by atoms with E-state index < -0.39 is 0 Å². The third kappa shape index (κ3) is 3.01. The summed E-state index contributed by atoms with van der Waals surface area (Å²) < 4.78 is 6.72.